The van der Waals surface area contributed by atoms with E-state index in [9.17, 15) is 43.2 Å². The fourth-order valence-electron chi connectivity index (χ4n) is 13.6. The number of aliphatic hydroxyl groups excluding tert-OH is 1. The summed E-state index contributed by atoms with van der Waals surface area (Å²) in [4.78, 5) is 73.3. The van der Waals surface area contributed by atoms with E-state index in [0.29, 0.717) is 25.7 Å². The molecule has 0 heterocycles. The van der Waals surface area contributed by atoms with Gasteiger partial charge in [0.05, 0.1) is 26.4 Å². The first-order valence-electron chi connectivity index (χ1n) is 45.0. The minimum Gasteiger partial charge on any atom is -0.462 e. The predicted octanol–water partition coefficient (Wildman–Crippen LogP) is 26.6. The lowest BCUT2D eigenvalue weighted by Crippen LogP contribution is -2.30. The SMILES string of the molecule is CCCCCCCCCCCCCCCCCCCCCCCC(=O)O[C@H](COC(=O)CCCCCCCCCCCCCCCCCCC(C)C)COP(=O)(O)OC[C@@H](O)COP(=O)(O)OC[C@@H](COC(=O)CCCCCCCCCCC(C)C)OC(=O)CCCCCCCCCCCCCCCCC. The van der Waals surface area contributed by atoms with Crippen molar-refractivity contribution in [3.63, 3.8) is 0 Å². The molecule has 0 bridgehead atoms. The van der Waals surface area contributed by atoms with E-state index in [1.807, 2.05) is 0 Å². The molecule has 106 heavy (non-hydrogen) atoms. The number of rotatable bonds is 86. The van der Waals surface area contributed by atoms with E-state index >= 15 is 0 Å². The standard InChI is InChI=1S/C87H170O17P2/c1-7-9-11-13-15-17-19-21-23-24-25-26-27-28-34-38-42-46-54-60-66-72-86(91)103-82(75-97-84(89)69-63-57-51-44-40-36-33-30-29-32-35-39-43-49-55-61-67-79(3)4)77-101-105(93,94)99-73-81(88)74-100-106(95,96)102-78-83(76-98-85(90)70-64-58-52-48-47-50-56-62-68-80(5)6)104-87(92)71-65-59-53-45-41-37-31-22-20-18-16-14-12-10-8-2/h79-83,88H,7-78H2,1-6H3,(H,93,94)(H,95,96)/t81-,82-,83-/m1/s1. The first-order chi connectivity index (χ1) is 51.4. The van der Waals surface area contributed by atoms with Crippen molar-refractivity contribution in [3.8, 4) is 0 Å². The Balaban J connectivity index is 5.23. The van der Waals surface area contributed by atoms with E-state index in [-0.39, 0.29) is 25.7 Å². The minimum absolute atomic E-state index is 0.108. The van der Waals surface area contributed by atoms with Crippen molar-refractivity contribution in [1.82, 2.24) is 0 Å². The number of hydrogen-bond acceptors (Lipinski definition) is 15. The summed E-state index contributed by atoms with van der Waals surface area (Å²) in [5.74, 6) is -0.562. The highest BCUT2D eigenvalue weighted by atomic mass is 31.2. The zero-order valence-electron chi connectivity index (χ0n) is 69.7. The summed E-state index contributed by atoms with van der Waals surface area (Å²) in [6, 6.07) is 0. The smallest absolute Gasteiger partial charge is 0.462 e. The number of phosphoric ester groups is 2. The Kier molecular flexibility index (Phi) is 76.9. The number of ether oxygens (including phenoxy) is 4. The Morgan fingerprint density at radius 3 is 0.642 bits per heavy atom. The Labute approximate surface area is 651 Å². The molecule has 5 atom stereocenters. The molecule has 0 aromatic rings. The molecular formula is C87H170O17P2. The normalized spacial score (nSPS) is 13.8. The van der Waals surface area contributed by atoms with Gasteiger partial charge in [-0.3, -0.25) is 37.3 Å². The molecule has 0 aliphatic carbocycles. The number of esters is 4. The predicted molar refractivity (Wildman–Crippen MR) is 437 cm³/mol. The number of unbranched alkanes of at least 4 members (excludes halogenated alkanes) is 56. The third kappa shape index (κ3) is 80.1. The molecule has 0 aromatic carbocycles. The van der Waals surface area contributed by atoms with Crippen molar-refractivity contribution >= 4 is 39.5 Å². The van der Waals surface area contributed by atoms with Crippen molar-refractivity contribution in [2.75, 3.05) is 39.6 Å². The van der Waals surface area contributed by atoms with Gasteiger partial charge in [-0.25, -0.2) is 9.13 Å². The van der Waals surface area contributed by atoms with E-state index in [1.54, 1.807) is 0 Å². The lowest BCUT2D eigenvalue weighted by atomic mass is 10.0. The second-order valence-corrected chi connectivity index (χ2v) is 35.1. The second kappa shape index (κ2) is 78.3. The first-order valence-corrected chi connectivity index (χ1v) is 48.0. The van der Waals surface area contributed by atoms with Gasteiger partial charge in [-0.2, -0.15) is 0 Å². The molecule has 2 unspecified atom stereocenters. The maximum atomic E-state index is 13.2. The van der Waals surface area contributed by atoms with Crippen LogP contribution in [0.1, 0.15) is 465 Å². The molecule has 0 spiro atoms. The molecular weight excluding hydrogens is 1380 g/mol. The molecule has 3 N–H and O–H groups in total. The van der Waals surface area contributed by atoms with Gasteiger partial charge in [0.15, 0.2) is 12.2 Å². The third-order valence-corrected chi connectivity index (χ3v) is 22.4. The number of carbonyl (C=O) groups is 4. The fourth-order valence-corrected chi connectivity index (χ4v) is 15.2. The van der Waals surface area contributed by atoms with Crippen molar-refractivity contribution in [2.24, 2.45) is 11.8 Å². The molecule has 0 aliphatic rings. The summed E-state index contributed by atoms with van der Waals surface area (Å²) in [6.45, 7) is 9.68. The van der Waals surface area contributed by atoms with Gasteiger partial charge in [-0.05, 0) is 37.5 Å². The van der Waals surface area contributed by atoms with Gasteiger partial charge in [0, 0.05) is 25.7 Å². The van der Waals surface area contributed by atoms with Crippen molar-refractivity contribution < 1.29 is 80.2 Å². The monoisotopic (exact) mass is 1550 g/mol. The summed E-state index contributed by atoms with van der Waals surface area (Å²) in [5.41, 5.74) is 0. The van der Waals surface area contributed by atoms with Crippen molar-refractivity contribution in [3.05, 3.63) is 0 Å². The maximum Gasteiger partial charge on any atom is 0.472 e. The summed E-state index contributed by atoms with van der Waals surface area (Å²) in [5, 5.41) is 10.7. The van der Waals surface area contributed by atoms with Gasteiger partial charge >= 0.3 is 39.5 Å². The van der Waals surface area contributed by atoms with Crippen LogP contribution in [0.15, 0.2) is 0 Å². The maximum absolute atomic E-state index is 13.2. The lowest BCUT2D eigenvalue weighted by molar-refractivity contribution is -0.161. The Morgan fingerprint density at radius 1 is 0.255 bits per heavy atom. The molecule has 0 saturated heterocycles. The minimum atomic E-state index is -4.97. The van der Waals surface area contributed by atoms with Gasteiger partial charge < -0.3 is 33.8 Å². The summed E-state index contributed by atoms with van der Waals surface area (Å²) in [7, 11) is -9.93. The molecule has 0 aliphatic heterocycles. The van der Waals surface area contributed by atoms with Crippen molar-refractivity contribution in [2.45, 2.75) is 484 Å². The zero-order chi connectivity index (χ0) is 77.8. The van der Waals surface area contributed by atoms with Crippen LogP contribution < -0.4 is 0 Å². The highest BCUT2D eigenvalue weighted by molar-refractivity contribution is 7.47. The Hall–Kier alpha value is -1.94. The summed E-state index contributed by atoms with van der Waals surface area (Å²) < 4.78 is 68.9. The van der Waals surface area contributed by atoms with E-state index in [1.165, 1.54) is 283 Å². The highest BCUT2D eigenvalue weighted by Gasteiger charge is 2.30. The van der Waals surface area contributed by atoms with Gasteiger partial charge in [0.2, 0.25) is 0 Å². The van der Waals surface area contributed by atoms with Crippen LogP contribution in [0.4, 0.5) is 0 Å². The number of phosphoric acid groups is 2. The molecule has 630 valence electrons. The zero-order valence-corrected chi connectivity index (χ0v) is 71.5. The van der Waals surface area contributed by atoms with Crippen LogP contribution >= 0.6 is 15.6 Å². The lowest BCUT2D eigenvalue weighted by Gasteiger charge is -2.21. The highest BCUT2D eigenvalue weighted by Crippen LogP contribution is 2.45. The molecule has 0 aromatic heterocycles. The second-order valence-electron chi connectivity index (χ2n) is 32.2. The van der Waals surface area contributed by atoms with E-state index in [0.717, 1.165) is 102 Å². The van der Waals surface area contributed by atoms with Crippen LogP contribution in [-0.2, 0) is 65.4 Å². The fraction of sp³-hybridized carbons (Fsp3) is 0.954. The van der Waals surface area contributed by atoms with Crippen LogP contribution in [0, 0.1) is 11.8 Å². The average molecular weight is 1550 g/mol. The Morgan fingerprint density at radius 2 is 0.434 bits per heavy atom. The van der Waals surface area contributed by atoms with Crippen LogP contribution in [0.3, 0.4) is 0 Å². The topological polar surface area (TPSA) is 237 Å². The quantitative estimate of drug-likeness (QED) is 0.0222. The number of carbonyl (C=O) groups excluding carboxylic acids is 4. The number of hydrogen-bond donors (Lipinski definition) is 3. The largest absolute Gasteiger partial charge is 0.472 e. The summed E-state index contributed by atoms with van der Waals surface area (Å²) >= 11 is 0. The third-order valence-electron chi connectivity index (χ3n) is 20.5. The molecule has 0 amide bonds. The number of aliphatic hydroxyl groups is 1. The Bertz CT molecular complexity index is 2030. The van der Waals surface area contributed by atoms with Gasteiger partial charge in [0.1, 0.15) is 19.3 Å². The molecule has 19 heteroatoms. The molecule has 0 rings (SSSR count). The van der Waals surface area contributed by atoms with Gasteiger partial charge in [-0.15, -0.1) is 0 Å². The van der Waals surface area contributed by atoms with E-state index in [2.05, 4.69) is 41.5 Å². The van der Waals surface area contributed by atoms with E-state index in [4.69, 9.17) is 37.0 Å². The van der Waals surface area contributed by atoms with Crippen LogP contribution in [0.5, 0.6) is 0 Å². The van der Waals surface area contributed by atoms with Crippen molar-refractivity contribution in [1.29, 1.82) is 0 Å². The molecule has 0 radical (unpaired) electrons. The van der Waals surface area contributed by atoms with Gasteiger partial charge in [0.25, 0.3) is 0 Å². The molecule has 0 fully saturated rings. The van der Waals surface area contributed by atoms with Gasteiger partial charge in [-0.1, -0.05) is 414 Å². The first kappa shape index (κ1) is 104. The van der Waals surface area contributed by atoms with Crippen LogP contribution in [-0.4, -0.2) is 96.7 Å². The molecule has 17 nitrogen and oxygen atoms in total. The summed E-state index contributed by atoms with van der Waals surface area (Å²) in [6.07, 6.45) is 70.9. The van der Waals surface area contributed by atoms with E-state index < -0.39 is 97.5 Å². The van der Waals surface area contributed by atoms with Crippen LogP contribution in [0.25, 0.3) is 0 Å². The van der Waals surface area contributed by atoms with Crippen LogP contribution in [0.2, 0.25) is 0 Å². The average Bonchev–Trinajstić information content (AvgIpc) is 0.903. The molecule has 0 saturated carbocycles.